The molecule has 0 aliphatic heterocycles. The molecule has 3 nitrogen and oxygen atoms in total. The maximum atomic E-state index is 13.3. The molecule has 5 heteroatoms. The van der Waals surface area contributed by atoms with Gasteiger partial charge in [-0.25, -0.2) is 4.39 Å². The summed E-state index contributed by atoms with van der Waals surface area (Å²) < 4.78 is 13.3. The molecule has 0 fully saturated rings. The lowest BCUT2D eigenvalue weighted by Crippen LogP contribution is -2.15. The van der Waals surface area contributed by atoms with Gasteiger partial charge < -0.3 is 15.5 Å². The van der Waals surface area contributed by atoms with Crippen molar-refractivity contribution in [3.63, 3.8) is 0 Å². The van der Waals surface area contributed by atoms with Crippen molar-refractivity contribution in [2.75, 3.05) is 11.9 Å². The predicted octanol–water partition coefficient (Wildman–Crippen LogP) is 3.33. The Morgan fingerprint density at radius 2 is 2.00 bits per heavy atom. The zero-order chi connectivity index (χ0) is 13.8. The first-order valence-electron chi connectivity index (χ1n) is 5.71. The van der Waals surface area contributed by atoms with Gasteiger partial charge in [0.2, 0.25) is 0 Å². The normalized spacial score (nSPS) is 12.2. The highest BCUT2D eigenvalue weighted by Crippen LogP contribution is 2.25. The minimum atomic E-state index is -0.719. The van der Waals surface area contributed by atoms with Crippen LogP contribution in [0.5, 0.6) is 5.75 Å². The minimum absolute atomic E-state index is 0.212. The van der Waals surface area contributed by atoms with E-state index < -0.39 is 17.6 Å². The number of rotatable bonds is 4. The number of phenolic OH excluding ortho intramolecular Hbond substituents is 1. The van der Waals surface area contributed by atoms with Gasteiger partial charge in [0.1, 0.15) is 0 Å². The van der Waals surface area contributed by atoms with E-state index in [4.69, 9.17) is 16.7 Å². The van der Waals surface area contributed by atoms with Crippen LogP contribution in [0, 0.1) is 5.82 Å². The molecule has 2 rings (SSSR count). The van der Waals surface area contributed by atoms with E-state index in [-0.39, 0.29) is 6.61 Å². The molecule has 100 valence electrons. The Hall–Kier alpha value is -1.78. The average molecular weight is 282 g/mol. The molecule has 19 heavy (non-hydrogen) atoms. The molecule has 2 aromatic carbocycles. The third-order valence-corrected chi connectivity index (χ3v) is 2.96. The summed E-state index contributed by atoms with van der Waals surface area (Å²) >= 11 is 5.87. The van der Waals surface area contributed by atoms with Crippen LogP contribution in [0.4, 0.5) is 10.1 Å². The first-order chi connectivity index (χ1) is 9.10. The molecule has 0 radical (unpaired) electrons. The van der Waals surface area contributed by atoms with Gasteiger partial charge in [0, 0.05) is 10.7 Å². The number of hydrogen-bond donors (Lipinski definition) is 3. The highest BCUT2D eigenvalue weighted by Gasteiger charge is 2.12. The average Bonchev–Trinajstić information content (AvgIpc) is 2.39. The van der Waals surface area contributed by atoms with Gasteiger partial charge in [-0.15, -0.1) is 0 Å². The Kier molecular flexibility index (Phi) is 4.24. The molecular formula is C14H13ClFNO2. The van der Waals surface area contributed by atoms with Crippen LogP contribution in [-0.2, 0) is 0 Å². The van der Waals surface area contributed by atoms with E-state index in [1.54, 1.807) is 30.3 Å². The Bertz CT molecular complexity index is 577. The lowest BCUT2D eigenvalue weighted by Gasteiger charge is -2.18. The third-order valence-electron chi connectivity index (χ3n) is 2.72. The molecule has 3 N–H and O–H groups in total. The number of nitrogens with one attached hydrogen (secondary N) is 1. The van der Waals surface area contributed by atoms with E-state index in [2.05, 4.69) is 5.32 Å². The molecule has 0 aliphatic carbocycles. The number of aromatic hydroxyl groups is 1. The fourth-order valence-electron chi connectivity index (χ4n) is 1.75. The first kappa shape index (κ1) is 13.6. The van der Waals surface area contributed by atoms with Crippen LogP contribution in [0.1, 0.15) is 11.6 Å². The minimum Gasteiger partial charge on any atom is -0.505 e. The second-order valence-corrected chi connectivity index (χ2v) is 4.54. The van der Waals surface area contributed by atoms with Gasteiger partial charge in [-0.1, -0.05) is 23.7 Å². The van der Waals surface area contributed by atoms with Gasteiger partial charge in [0.05, 0.1) is 12.6 Å². The second-order valence-electron chi connectivity index (χ2n) is 4.10. The van der Waals surface area contributed by atoms with E-state index >= 15 is 0 Å². The largest absolute Gasteiger partial charge is 0.505 e. The van der Waals surface area contributed by atoms with Gasteiger partial charge >= 0.3 is 0 Å². The molecule has 0 amide bonds. The van der Waals surface area contributed by atoms with Crippen molar-refractivity contribution < 1.29 is 14.6 Å². The van der Waals surface area contributed by atoms with Crippen LogP contribution in [0.15, 0.2) is 42.5 Å². The summed E-state index contributed by atoms with van der Waals surface area (Å²) in [5.41, 5.74) is 1.26. The van der Waals surface area contributed by atoms with Crippen molar-refractivity contribution in [1.29, 1.82) is 0 Å². The molecule has 0 saturated heterocycles. The fourth-order valence-corrected chi connectivity index (χ4v) is 1.94. The maximum absolute atomic E-state index is 13.3. The lowest BCUT2D eigenvalue weighted by atomic mass is 10.1. The van der Waals surface area contributed by atoms with Crippen LogP contribution >= 0.6 is 11.6 Å². The molecule has 0 aromatic heterocycles. The van der Waals surface area contributed by atoms with Crippen LogP contribution < -0.4 is 5.32 Å². The number of aliphatic hydroxyl groups excluding tert-OH is 1. The monoisotopic (exact) mass is 281 g/mol. The SMILES string of the molecule is OCC(Nc1cccc(Cl)c1)c1ccc(O)c(F)c1. The molecule has 0 spiro atoms. The highest BCUT2D eigenvalue weighted by atomic mass is 35.5. The van der Waals surface area contributed by atoms with Crippen LogP contribution in [0.3, 0.4) is 0 Å². The Labute approximate surface area is 115 Å². The van der Waals surface area contributed by atoms with Crippen LogP contribution in [-0.4, -0.2) is 16.8 Å². The summed E-state index contributed by atoms with van der Waals surface area (Å²) in [6, 6.07) is 10.5. The van der Waals surface area contributed by atoms with Gasteiger partial charge in [-0.05, 0) is 35.9 Å². The van der Waals surface area contributed by atoms with E-state index in [1.165, 1.54) is 12.1 Å². The number of halogens is 2. The van der Waals surface area contributed by atoms with E-state index in [1.807, 2.05) is 0 Å². The van der Waals surface area contributed by atoms with Gasteiger partial charge in [-0.3, -0.25) is 0 Å². The fraction of sp³-hybridized carbons (Fsp3) is 0.143. The zero-order valence-electron chi connectivity index (χ0n) is 9.98. The van der Waals surface area contributed by atoms with Crippen molar-refractivity contribution in [3.05, 3.63) is 58.9 Å². The molecule has 0 heterocycles. The summed E-state index contributed by atoms with van der Waals surface area (Å²) in [4.78, 5) is 0. The standard InChI is InChI=1S/C14H13ClFNO2/c15-10-2-1-3-11(7-10)17-13(8-18)9-4-5-14(19)12(16)6-9/h1-7,13,17-19H,8H2. The molecule has 0 bridgehead atoms. The van der Waals surface area contributed by atoms with Gasteiger partial charge in [0.15, 0.2) is 11.6 Å². The number of anilines is 1. The number of hydrogen-bond acceptors (Lipinski definition) is 3. The third kappa shape index (κ3) is 3.36. The van der Waals surface area contributed by atoms with Crippen molar-refractivity contribution in [1.82, 2.24) is 0 Å². The van der Waals surface area contributed by atoms with Crippen molar-refractivity contribution in [3.8, 4) is 5.75 Å². The van der Waals surface area contributed by atoms with Gasteiger partial charge in [0.25, 0.3) is 0 Å². The topological polar surface area (TPSA) is 52.5 Å². The van der Waals surface area contributed by atoms with Crippen molar-refractivity contribution in [2.24, 2.45) is 0 Å². The number of aliphatic hydroxyl groups is 1. The zero-order valence-corrected chi connectivity index (χ0v) is 10.7. The summed E-state index contributed by atoms with van der Waals surface area (Å²) in [5.74, 6) is -1.13. The Morgan fingerprint density at radius 1 is 1.21 bits per heavy atom. The number of phenols is 1. The van der Waals surface area contributed by atoms with Crippen molar-refractivity contribution in [2.45, 2.75) is 6.04 Å². The van der Waals surface area contributed by atoms with Crippen LogP contribution in [0.25, 0.3) is 0 Å². The van der Waals surface area contributed by atoms with Crippen LogP contribution in [0.2, 0.25) is 5.02 Å². The molecule has 2 aromatic rings. The molecule has 0 saturated carbocycles. The van der Waals surface area contributed by atoms with E-state index in [0.717, 1.165) is 5.69 Å². The smallest absolute Gasteiger partial charge is 0.165 e. The quantitative estimate of drug-likeness (QED) is 0.806. The summed E-state index contributed by atoms with van der Waals surface area (Å²) in [5, 5.41) is 22.2. The molecular weight excluding hydrogens is 269 g/mol. The van der Waals surface area contributed by atoms with E-state index in [9.17, 15) is 9.50 Å². The predicted molar refractivity (Wildman–Crippen MR) is 73.0 cm³/mol. The Morgan fingerprint density at radius 3 is 2.63 bits per heavy atom. The summed E-state index contributed by atoms with van der Waals surface area (Å²) in [6.07, 6.45) is 0. The summed E-state index contributed by atoms with van der Waals surface area (Å²) in [7, 11) is 0. The lowest BCUT2D eigenvalue weighted by molar-refractivity contribution is 0.276. The highest BCUT2D eigenvalue weighted by molar-refractivity contribution is 6.30. The van der Waals surface area contributed by atoms with E-state index in [0.29, 0.717) is 10.6 Å². The van der Waals surface area contributed by atoms with Gasteiger partial charge in [-0.2, -0.15) is 0 Å². The maximum Gasteiger partial charge on any atom is 0.165 e. The number of benzene rings is 2. The first-order valence-corrected chi connectivity index (χ1v) is 6.09. The van der Waals surface area contributed by atoms with Crippen molar-refractivity contribution >= 4 is 17.3 Å². The molecule has 0 aliphatic rings. The summed E-state index contributed by atoms with van der Waals surface area (Å²) in [6.45, 7) is -0.212. The Balaban J connectivity index is 2.22. The molecule has 1 atom stereocenters. The second kappa shape index (κ2) is 5.91. The molecule has 1 unspecified atom stereocenters.